The zero-order valence-electron chi connectivity index (χ0n) is 14.8. The second-order valence-corrected chi connectivity index (χ2v) is 7.41. The highest BCUT2D eigenvalue weighted by Crippen LogP contribution is 2.42. The Balaban J connectivity index is 1.71. The summed E-state index contributed by atoms with van der Waals surface area (Å²) >= 11 is 1.53. The van der Waals surface area contributed by atoms with Gasteiger partial charge in [-0.1, -0.05) is 29.8 Å². The van der Waals surface area contributed by atoms with Crippen LogP contribution in [0.25, 0.3) is 0 Å². The molecule has 2 aliphatic heterocycles. The zero-order valence-corrected chi connectivity index (χ0v) is 15.6. The van der Waals surface area contributed by atoms with E-state index in [0.717, 1.165) is 15.5 Å². The van der Waals surface area contributed by atoms with Gasteiger partial charge in [0.15, 0.2) is 0 Å². The lowest BCUT2D eigenvalue weighted by Gasteiger charge is -2.25. The minimum absolute atomic E-state index is 0.0370. The molecule has 2 heterocycles. The third-order valence-corrected chi connectivity index (χ3v) is 5.65. The van der Waals surface area contributed by atoms with E-state index in [0.29, 0.717) is 31.0 Å². The van der Waals surface area contributed by atoms with Gasteiger partial charge >= 0.3 is 0 Å². The monoisotopic (exact) mass is 378 g/mol. The second kappa shape index (κ2) is 7.47. The lowest BCUT2D eigenvalue weighted by atomic mass is 10.1. The van der Waals surface area contributed by atoms with Crippen LogP contribution < -0.4 is 10.2 Å². The lowest BCUT2D eigenvalue weighted by molar-refractivity contribution is -0.133. The fourth-order valence-corrected chi connectivity index (χ4v) is 4.07. The van der Waals surface area contributed by atoms with Crippen molar-refractivity contribution in [2.24, 2.45) is 5.92 Å². The summed E-state index contributed by atoms with van der Waals surface area (Å²) in [6, 6.07) is 13.2. The molecule has 136 valence electrons. The average molecular weight is 378 g/mol. The van der Waals surface area contributed by atoms with Crippen LogP contribution in [-0.2, 0) is 9.53 Å². The van der Waals surface area contributed by atoms with Crippen LogP contribution in [0, 0.1) is 17.8 Å². The Labute approximate surface area is 162 Å². The largest absolute Gasteiger partial charge is 0.380 e. The van der Waals surface area contributed by atoms with Gasteiger partial charge in [0, 0.05) is 15.5 Å². The molecule has 1 saturated heterocycles. The summed E-state index contributed by atoms with van der Waals surface area (Å²) in [4.78, 5) is 28.8. The molecule has 0 unspecified atom stereocenters. The number of amides is 2. The Hall–Kier alpha value is -2.75. The molecule has 2 aromatic carbocycles. The highest BCUT2D eigenvalue weighted by atomic mass is 32.2. The summed E-state index contributed by atoms with van der Waals surface area (Å²) in [7, 11) is 0. The van der Waals surface area contributed by atoms with Gasteiger partial charge in [-0.3, -0.25) is 14.5 Å². The third-order valence-electron chi connectivity index (χ3n) is 4.52. The summed E-state index contributed by atoms with van der Waals surface area (Å²) in [6.07, 6.45) is 0. The fraction of sp³-hybridized carbons (Fsp3) is 0.238. The maximum atomic E-state index is 13.1. The Kier molecular flexibility index (Phi) is 4.88. The van der Waals surface area contributed by atoms with Crippen LogP contribution in [0.15, 0.2) is 52.3 Å². The van der Waals surface area contributed by atoms with Crippen molar-refractivity contribution < 1.29 is 14.3 Å². The molecule has 4 rings (SSSR count). The van der Waals surface area contributed by atoms with Gasteiger partial charge in [-0.25, -0.2) is 0 Å². The number of ether oxygens (including phenoxy) is 1. The number of hydrogen-bond donors (Lipinski definition) is 1. The number of nitrogens with zero attached hydrogens (tertiary/aromatic N) is 1. The molecule has 2 aromatic rings. The normalized spacial score (nSPS) is 15.6. The maximum Gasteiger partial charge on any atom is 0.260 e. The van der Waals surface area contributed by atoms with Crippen LogP contribution in [0.2, 0.25) is 0 Å². The van der Waals surface area contributed by atoms with Gasteiger partial charge in [-0.05, 0) is 37.3 Å². The average Bonchev–Trinajstić information content (AvgIpc) is 2.73. The van der Waals surface area contributed by atoms with E-state index in [1.54, 1.807) is 11.8 Å². The molecule has 0 aromatic heterocycles. The number of rotatable bonds is 3. The van der Waals surface area contributed by atoms with Crippen LogP contribution in [0.1, 0.15) is 17.3 Å². The van der Waals surface area contributed by atoms with Crippen molar-refractivity contribution in [2.45, 2.75) is 16.7 Å². The molecule has 0 bridgehead atoms. The first-order valence-corrected chi connectivity index (χ1v) is 9.50. The van der Waals surface area contributed by atoms with E-state index in [4.69, 9.17) is 4.74 Å². The quantitative estimate of drug-likeness (QED) is 0.832. The molecule has 0 aliphatic carbocycles. The zero-order chi connectivity index (χ0) is 18.8. The molecule has 27 heavy (non-hydrogen) atoms. The van der Waals surface area contributed by atoms with Crippen molar-refractivity contribution >= 4 is 35.0 Å². The van der Waals surface area contributed by atoms with Crippen LogP contribution in [0.5, 0.6) is 0 Å². The van der Waals surface area contributed by atoms with E-state index >= 15 is 0 Å². The Bertz CT molecular complexity index is 973. The van der Waals surface area contributed by atoms with E-state index in [2.05, 4.69) is 17.2 Å². The molecule has 5 nitrogen and oxygen atoms in total. The number of hydrogen-bond acceptors (Lipinski definition) is 4. The minimum atomic E-state index is -0.0879. The molecule has 2 amide bonds. The third kappa shape index (κ3) is 3.44. The first-order chi connectivity index (χ1) is 13.2. The molecule has 0 spiro atoms. The summed E-state index contributed by atoms with van der Waals surface area (Å²) in [5, 5.41) is 2.94. The number of nitrogens with one attached hydrogen (secondary N) is 1. The van der Waals surface area contributed by atoms with E-state index < -0.39 is 0 Å². The molecule has 0 atom stereocenters. The molecular formula is C21H18N2O3S. The fourth-order valence-electron chi connectivity index (χ4n) is 2.95. The summed E-state index contributed by atoms with van der Waals surface area (Å²) in [5.74, 6) is 5.65. The highest BCUT2D eigenvalue weighted by Gasteiger charge is 2.29. The predicted octanol–water partition coefficient (Wildman–Crippen LogP) is 3.41. The Morgan fingerprint density at radius 3 is 2.81 bits per heavy atom. The SMILES string of the molecule is CC#CCN1C(=O)c2ccccc2Sc2cc(NC(=O)C3COC3)ccc21. The van der Waals surface area contributed by atoms with Crippen molar-refractivity contribution in [1.82, 2.24) is 0 Å². The standard InChI is InChI=1S/C21H18N2O3S/c1-2-3-10-23-17-9-8-15(22-20(24)14-12-26-13-14)11-19(17)27-18-7-5-4-6-16(18)21(23)25/h4-9,11,14H,10,12-13H2,1H3,(H,22,24). The smallest absolute Gasteiger partial charge is 0.260 e. The summed E-state index contributed by atoms with van der Waals surface area (Å²) in [6.45, 7) is 3.02. The van der Waals surface area contributed by atoms with E-state index in [-0.39, 0.29) is 17.7 Å². The number of carbonyl (C=O) groups excluding carboxylic acids is 2. The van der Waals surface area contributed by atoms with Gasteiger partial charge < -0.3 is 10.1 Å². The van der Waals surface area contributed by atoms with Crippen molar-refractivity contribution in [1.29, 1.82) is 0 Å². The summed E-state index contributed by atoms with van der Waals surface area (Å²) < 4.78 is 5.08. The van der Waals surface area contributed by atoms with E-state index in [1.165, 1.54) is 11.8 Å². The van der Waals surface area contributed by atoms with Crippen molar-refractivity contribution in [3.05, 3.63) is 48.0 Å². The highest BCUT2D eigenvalue weighted by molar-refractivity contribution is 7.99. The van der Waals surface area contributed by atoms with Crippen molar-refractivity contribution in [2.75, 3.05) is 30.0 Å². The molecular weight excluding hydrogens is 360 g/mol. The molecule has 1 N–H and O–H groups in total. The molecule has 0 saturated carbocycles. The first kappa shape index (κ1) is 17.7. The van der Waals surface area contributed by atoms with Crippen molar-refractivity contribution in [3.8, 4) is 11.8 Å². The van der Waals surface area contributed by atoms with Gasteiger partial charge in [-0.15, -0.1) is 5.92 Å². The van der Waals surface area contributed by atoms with Crippen molar-refractivity contribution in [3.63, 3.8) is 0 Å². The first-order valence-electron chi connectivity index (χ1n) is 8.68. The lowest BCUT2D eigenvalue weighted by Crippen LogP contribution is -2.38. The van der Waals surface area contributed by atoms with Gasteiger partial charge in [-0.2, -0.15) is 0 Å². The Morgan fingerprint density at radius 2 is 2.07 bits per heavy atom. The minimum Gasteiger partial charge on any atom is -0.380 e. The number of benzene rings is 2. The number of carbonyl (C=O) groups is 2. The van der Waals surface area contributed by atoms with Gasteiger partial charge in [0.25, 0.3) is 5.91 Å². The topological polar surface area (TPSA) is 58.6 Å². The number of anilines is 2. The van der Waals surface area contributed by atoms with Gasteiger partial charge in [0.1, 0.15) is 0 Å². The maximum absolute atomic E-state index is 13.1. The number of fused-ring (bicyclic) bond motifs is 2. The van der Waals surface area contributed by atoms with Crippen LogP contribution in [-0.4, -0.2) is 31.6 Å². The van der Waals surface area contributed by atoms with Crippen LogP contribution in [0.4, 0.5) is 11.4 Å². The molecule has 6 heteroatoms. The van der Waals surface area contributed by atoms with E-state index in [1.807, 2.05) is 42.5 Å². The van der Waals surface area contributed by atoms with Crippen LogP contribution in [0.3, 0.4) is 0 Å². The van der Waals surface area contributed by atoms with Gasteiger partial charge in [0.05, 0.1) is 36.9 Å². The summed E-state index contributed by atoms with van der Waals surface area (Å²) in [5.41, 5.74) is 2.18. The van der Waals surface area contributed by atoms with E-state index in [9.17, 15) is 9.59 Å². The molecule has 2 aliphatic rings. The predicted molar refractivity (Wildman–Crippen MR) is 105 cm³/mol. The Morgan fingerprint density at radius 1 is 1.26 bits per heavy atom. The molecule has 1 fully saturated rings. The van der Waals surface area contributed by atoms with Crippen LogP contribution >= 0.6 is 11.8 Å². The second-order valence-electron chi connectivity index (χ2n) is 6.32. The molecule has 0 radical (unpaired) electrons. The van der Waals surface area contributed by atoms with Gasteiger partial charge in [0.2, 0.25) is 5.91 Å².